The summed E-state index contributed by atoms with van der Waals surface area (Å²) in [6.45, 7) is 1.82. The van der Waals surface area contributed by atoms with E-state index in [-0.39, 0.29) is 17.5 Å². The highest BCUT2D eigenvalue weighted by atomic mass is 35.5. The number of nitrogens with zero attached hydrogens (tertiary/aromatic N) is 1. The summed E-state index contributed by atoms with van der Waals surface area (Å²) in [5.41, 5.74) is 2.16. The van der Waals surface area contributed by atoms with Crippen molar-refractivity contribution < 1.29 is 9.59 Å². The number of carbonyl (C=O) groups excluding carboxylic acids is 2. The van der Waals surface area contributed by atoms with E-state index >= 15 is 0 Å². The van der Waals surface area contributed by atoms with Crippen LogP contribution in [0.25, 0.3) is 0 Å². The van der Waals surface area contributed by atoms with Gasteiger partial charge in [-0.05, 0) is 36.8 Å². The molecule has 3 aromatic rings. The lowest BCUT2D eigenvalue weighted by Crippen LogP contribution is -2.14. The Bertz CT molecular complexity index is 925. The maximum atomic E-state index is 12.3. The first-order chi connectivity index (χ1) is 12.0. The van der Waals surface area contributed by atoms with Crippen LogP contribution in [-0.4, -0.2) is 16.8 Å². The van der Waals surface area contributed by atoms with E-state index in [0.29, 0.717) is 21.4 Å². The van der Waals surface area contributed by atoms with Crippen LogP contribution in [0.5, 0.6) is 0 Å². The Morgan fingerprint density at radius 1 is 1.00 bits per heavy atom. The second-order valence-corrected chi connectivity index (χ2v) is 6.49. The van der Waals surface area contributed by atoms with Crippen LogP contribution in [0, 0.1) is 6.92 Å². The average Bonchev–Trinajstić information content (AvgIpc) is 3.08. The predicted octanol–water partition coefficient (Wildman–Crippen LogP) is 4.61. The van der Waals surface area contributed by atoms with Gasteiger partial charge in [-0.15, -0.1) is 11.3 Å². The van der Waals surface area contributed by atoms with Crippen molar-refractivity contribution in [3.8, 4) is 0 Å². The fourth-order valence-corrected chi connectivity index (χ4v) is 2.98. The molecule has 0 fully saturated rings. The van der Waals surface area contributed by atoms with Crippen molar-refractivity contribution in [1.29, 1.82) is 0 Å². The maximum Gasteiger partial charge on any atom is 0.275 e. The second kappa shape index (κ2) is 7.46. The third-order valence-corrected chi connectivity index (χ3v) is 4.68. The number of benzene rings is 2. The fraction of sp³-hybridized carbons (Fsp3) is 0.0556. The van der Waals surface area contributed by atoms with Crippen LogP contribution in [0.2, 0.25) is 5.02 Å². The molecule has 0 radical (unpaired) electrons. The molecule has 0 unspecified atom stereocenters. The summed E-state index contributed by atoms with van der Waals surface area (Å²) in [6, 6.07) is 14.1. The van der Waals surface area contributed by atoms with Crippen LogP contribution < -0.4 is 10.6 Å². The fourth-order valence-electron chi connectivity index (χ4n) is 2.12. The third kappa shape index (κ3) is 4.04. The first kappa shape index (κ1) is 17.1. The first-order valence-corrected chi connectivity index (χ1v) is 8.69. The molecule has 5 nitrogen and oxygen atoms in total. The number of thiazole rings is 1. The minimum Gasteiger partial charge on any atom is -0.320 e. The van der Waals surface area contributed by atoms with Crippen molar-refractivity contribution in [2.75, 3.05) is 10.6 Å². The van der Waals surface area contributed by atoms with E-state index in [1.165, 1.54) is 11.3 Å². The topological polar surface area (TPSA) is 71.1 Å². The van der Waals surface area contributed by atoms with Crippen LogP contribution in [0.4, 0.5) is 10.8 Å². The largest absolute Gasteiger partial charge is 0.320 e. The second-order valence-electron chi connectivity index (χ2n) is 5.22. The zero-order valence-electron chi connectivity index (χ0n) is 13.2. The summed E-state index contributed by atoms with van der Waals surface area (Å²) in [6.07, 6.45) is 0. The van der Waals surface area contributed by atoms with E-state index in [1.807, 2.05) is 13.0 Å². The Kier molecular flexibility index (Phi) is 5.11. The van der Waals surface area contributed by atoms with Gasteiger partial charge in [0.1, 0.15) is 5.69 Å². The van der Waals surface area contributed by atoms with Crippen LogP contribution >= 0.6 is 22.9 Å². The Hall–Kier alpha value is -2.70. The molecule has 126 valence electrons. The highest BCUT2D eigenvalue weighted by Crippen LogP contribution is 2.24. The lowest BCUT2D eigenvalue weighted by Gasteiger charge is -2.08. The molecule has 2 amide bonds. The van der Waals surface area contributed by atoms with E-state index in [9.17, 15) is 9.59 Å². The Morgan fingerprint density at radius 3 is 2.52 bits per heavy atom. The van der Waals surface area contributed by atoms with E-state index < -0.39 is 0 Å². The van der Waals surface area contributed by atoms with E-state index in [2.05, 4.69) is 15.6 Å². The Morgan fingerprint density at radius 2 is 1.76 bits per heavy atom. The van der Waals surface area contributed by atoms with Gasteiger partial charge in [-0.1, -0.05) is 35.9 Å². The van der Waals surface area contributed by atoms with E-state index in [4.69, 9.17) is 11.6 Å². The quantitative estimate of drug-likeness (QED) is 0.703. The van der Waals surface area contributed by atoms with Crippen molar-refractivity contribution >= 4 is 45.6 Å². The summed E-state index contributed by atoms with van der Waals surface area (Å²) < 4.78 is 0. The highest BCUT2D eigenvalue weighted by Gasteiger charge is 2.14. The SMILES string of the molecule is Cc1c(Cl)cccc1NC(=O)c1csc(NC(=O)c2ccccc2)n1. The van der Waals surface area contributed by atoms with Crippen molar-refractivity contribution in [1.82, 2.24) is 4.98 Å². The van der Waals surface area contributed by atoms with Crippen LogP contribution in [0.15, 0.2) is 53.9 Å². The molecule has 7 heteroatoms. The number of anilines is 2. The van der Waals surface area contributed by atoms with Gasteiger partial charge >= 0.3 is 0 Å². The molecule has 1 aromatic heterocycles. The standard InChI is InChI=1S/C18H14ClN3O2S/c1-11-13(19)8-5-9-14(11)20-17(24)15-10-25-18(21-15)22-16(23)12-6-3-2-4-7-12/h2-10H,1H3,(H,20,24)(H,21,22,23). The van der Waals surface area contributed by atoms with Crippen LogP contribution in [-0.2, 0) is 0 Å². The molecule has 25 heavy (non-hydrogen) atoms. The van der Waals surface area contributed by atoms with Gasteiger partial charge in [-0.25, -0.2) is 4.98 Å². The summed E-state index contributed by atoms with van der Waals surface area (Å²) in [4.78, 5) is 28.6. The molecule has 2 N–H and O–H groups in total. The molecule has 1 heterocycles. The summed E-state index contributed by atoms with van der Waals surface area (Å²) in [5.74, 6) is -0.630. The molecule has 0 aliphatic heterocycles. The van der Waals surface area contributed by atoms with Crippen LogP contribution in [0.3, 0.4) is 0 Å². The van der Waals surface area contributed by atoms with Gasteiger partial charge in [0.2, 0.25) is 0 Å². The highest BCUT2D eigenvalue weighted by molar-refractivity contribution is 7.14. The maximum absolute atomic E-state index is 12.3. The number of carbonyl (C=O) groups is 2. The molecule has 0 aliphatic carbocycles. The van der Waals surface area contributed by atoms with E-state index in [1.54, 1.807) is 47.8 Å². The van der Waals surface area contributed by atoms with Gasteiger partial charge in [-0.2, -0.15) is 0 Å². The predicted molar refractivity (Wildman–Crippen MR) is 101 cm³/mol. The molecule has 2 aromatic carbocycles. The lowest BCUT2D eigenvalue weighted by atomic mass is 10.2. The van der Waals surface area contributed by atoms with Crippen LogP contribution in [0.1, 0.15) is 26.4 Å². The monoisotopic (exact) mass is 371 g/mol. The Labute approximate surface area is 153 Å². The molecular weight excluding hydrogens is 358 g/mol. The van der Waals surface area contributed by atoms with Gasteiger partial charge in [0.15, 0.2) is 5.13 Å². The number of hydrogen-bond donors (Lipinski definition) is 2. The number of hydrogen-bond acceptors (Lipinski definition) is 4. The van der Waals surface area contributed by atoms with Crippen molar-refractivity contribution in [3.05, 3.63) is 75.8 Å². The third-order valence-electron chi connectivity index (χ3n) is 3.51. The van der Waals surface area contributed by atoms with Gasteiger partial charge in [0.05, 0.1) is 0 Å². The summed E-state index contributed by atoms with van der Waals surface area (Å²) in [7, 11) is 0. The molecule has 0 aliphatic rings. The van der Waals surface area contributed by atoms with Gasteiger partial charge in [0, 0.05) is 21.7 Å². The number of halogens is 1. The van der Waals surface area contributed by atoms with Gasteiger partial charge in [0.25, 0.3) is 11.8 Å². The molecule has 0 spiro atoms. The molecule has 0 saturated heterocycles. The average molecular weight is 372 g/mol. The Balaban J connectivity index is 1.69. The van der Waals surface area contributed by atoms with Crippen molar-refractivity contribution in [3.63, 3.8) is 0 Å². The number of amides is 2. The zero-order chi connectivity index (χ0) is 17.8. The molecule has 0 atom stereocenters. The smallest absolute Gasteiger partial charge is 0.275 e. The number of rotatable bonds is 4. The van der Waals surface area contributed by atoms with Gasteiger partial charge in [-0.3, -0.25) is 14.9 Å². The molecule has 0 saturated carbocycles. The minimum atomic E-state index is -0.359. The van der Waals surface area contributed by atoms with Gasteiger partial charge < -0.3 is 5.32 Å². The molecule has 0 bridgehead atoms. The molecular formula is C18H14ClN3O2S. The summed E-state index contributed by atoms with van der Waals surface area (Å²) >= 11 is 7.24. The normalized spacial score (nSPS) is 10.3. The van der Waals surface area contributed by atoms with Crippen molar-refractivity contribution in [2.45, 2.75) is 6.92 Å². The lowest BCUT2D eigenvalue weighted by molar-refractivity contribution is 0.101. The van der Waals surface area contributed by atoms with E-state index in [0.717, 1.165) is 5.56 Å². The first-order valence-electron chi connectivity index (χ1n) is 7.43. The summed E-state index contributed by atoms with van der Waals surface area (Å²) in [5, 5.41) is 7.99. The molecule has 3 rings (SSSR count). The minimum absolute atomic E-state index is 0.229. The number of nitrogens with one attached hydrogen (secondary N) is 2. The van der Waals surface area contributed by atoms with Crippen molar-refractivity contribution in [2.24, 2.45) is 0 Å². The zero-order valence-corrected chi connectivity index (χ0v) is 14.8. The number of aromatic nitrogens is 1.